The lowest BCUT2D eigenvalue weighted by molar-refractivity contribution is -0.105. The monoisotopic (exact) mass is 596 g/mol. The zero-order chi connectivity index (χ0) is 32.4. The highest BCUT2D eigenvalue weighted by Gasteiger charge is 2.42. The van der Waals surface area contributed by atoms with Crippen molar-refractivity contribution in [2.45, 2.75) is 91.3 Å². The molecule has 0 bridgehead atoms. The van der Waals surface area contributed by atoms with Crippen LogP contribution >= 0.6 is 0 Å². The van der Waals surface area contributed by atoms with Gasteiger partial charge in [0, 0.05) is 28.5 Å². The summed E-state index contributed by atoms with van der Waals surface area (Å²) in [7, 11) is 0. The third kappa shape index (κ3) is 6.06. The molecule has 45 heavy (non-hydrogen) atoms. The van der Waals surface area contributed by atoms with Gasteiger partial charge in [0.25, 0.3) is 0 Å². The number of hydrogen-bond donors (Lipinski definition) is 0. The fourth-order valence-corrected chi connectivity index (χ4v) is 6.17. The van der Waals surface area contributed by atoms with E-state index >= 15 is 0 Å². The summed E-state index contributed by atoms with van der Waals surface area (Å²) in [4.78, 5) is 19.7. The van der Waals surface area contributed by atoms with Gasteiger partial charge in [-0.3, -0.25) is 4.98 Å². The van der Waals surface area contributed by atoms with Crippen LogP contribution in [0.15, 0.2) is 85.1 Å². The van der Waals surface area contributed by atoms with E-state index in [2.05, 4.69) is 142 Å². The lowest BCUT2D eigenvalue weighted by Gasteiger charge is -2.24. The second-order valence-electron chi connectivity index (χ2n) is 15.3. The fourth-order valence-electron chi connectivity index (χ4n) is 6.17. The van der Waals surface area contributed by atoms with Gasteiger partial charge >= 0.3 is 0 Å². The number of nitrogens with zero attached hydrogens (tertiary/aromatic N) is 4. The van der Waals surface area contributed by atoms with E-state index in [1.165, 1.54) is 22.3 Å². The fraction of sp³-hybridized carbons (Fsp3) is 0.350. The summed E-state index contributed by atoms with van der Waals surface area (Å²) in [5.41, 5.74) is 9.12. The Morgan fingerprint density at radius 2 is 0.911 bits per heavy atom. The van der Waals surface area contributed by atoms with Gasteiger partial charge in [-0.25, -0.2) is 15.0 Å². The van der Waals surface area contributed by atoms with Crippen molar-refractivity contribution in [3.63, 3.8) is 0 Å². The molecule has 5 aromatic rings. The van der Waals surface area contributed by atoms with E-state index in [0.29, 0.717) is 17.5 Å². The Morgan fingerprint density at radius 1 is 0.489 bits per heavy atom. The van der Waals surface area contributed by atoms with Crippen molar-refractivity contribution in [1.82, 2.24) is 19.9 Å². The largest absolute Gasteiger partial charge is 0.360 e. The second-order valence-corrected chi connectivity index (χ2v) is 15.3. The van der Waals surface area contributed by atoms with E-state index < -0.39 is 0 Å². The lowest BCUT2D eigenvalue weighted by Crippen LogP contribution is -2.22. The number of aromatic nitrogens is 4. The van der Waals surface area contributed by atoms with Gasteiger partial charge in [-0.05, 0) is 79.0 Å². The molecule has 0 fully saturated rings. The van der Waals surface area contributed by atoms with Crippen LogP contribution in [0.3, 0.4) is 0 Å². The van der Waals surface area contributed by atoms with Crippen molar-refractivity contribution in [3.05, 3.63) is 107 Å². The van der Waals surface area contributed by atoms with Gasteiger partial charge in [0.2, 0.25) is 0 Å². The number of ether oxygens (including phenoxy) is 1. The molecule has 0 saturated heterocycles. The molecule has 1 aliphatic heterocycles. The number of benzene rings is 3. The van der Waals surface area contributed by atoms with E-state index in [4.69, 9.17) is 24.7 Å². The molecule has 3 heterocycles. The van der Waals surface area contributed by atoms with E-state index in [1.807, 2.05) is 12.3 Å². The van der Waals surface area contributed by atoms with Crippen molar-refractivity contribution < 1.29 is 4.74 Å². The molecule has 230 valence electrons. The first-order valence-electron chi connectivity index (χ1n) is 15.8. The summed E-state index contributed by atoms with van der Waals surface area (Å²) in [6.45, 7) is 21.8. The molecule has 0 atom stereocenters. The van der Waals surface area contributed by atoms with Crippen LogP contribution in [0, 0.1) is 0 Å². The maximum atomic E-state index is 6.37. The Kier molecular flexibility index (Phi) is 7.32. The molecule has 2 aromatic heterocycles. The summed E-state index contributed by atoms with van der Waals surface area (Å²) in [6, 6.07) is 27.7. The molecule has 1 aliphatic rings. The van der Waals surface area contributed by atoms with Gasteiger partial charge in [0.15, 0.2) is 17.5 Å². The molecular weight excluding hydrogens is 552 g/mol. The topological polar surface area (TPSA) is 60.8 Å². The van der Waals surface area contributed by atoms with Crippen molar-refractivity contribution >= 4 is 0 Å². The molecule has 0 amide bonds. The first-order chi connectivity index (χ1) is 21.0. The number of fused-ring (bicyclic) bond motifs is 1. The molecule has 5 heteroatoms. The second kappa shape index (κ2) is 10.7. The third-order valence-electron chi connectivity index (χ3n) is 8.80. The first-order valence-corrected chi connectivity index (χ1v) is 15.8. The highest BCUT2D eigenvalue weighted by molar-refractivity contribution is 5.69. The normalized spacial score (nSPS) is 15.6. The van der Waals surface area contributed by atoms with Crippen molar-refractivity contribution in [2.75, 3.05) is 0 Å². The summed E-state index contributed by atoms with van der Waals surface area (Å²) in [5, 5.41) is 0. The minimum Gasteiger partial charge on any atom is -0.360 e. The molecule has 0 radical (unpaired) electrons. The molecule has 0 N–H and O–H groups in total. The average Bonchev–Trinajstić information content (AvgIpc) is 3.18. The van der Waals surface area contributed by atoms with Crippen molar-refractivity contribution in [3.8, 4) is 45.4 Å². The summed E-state index contributed by atoms with van der Waals surface area (Å²) >= 11 is 0. The maximum absolute atomic E-state index is 6.37. The zero-order valence-electron chi connectivity index (χ0n) is 28.3. The minimum absolute atomic E-state index is 0.0635. The van der Waals surface area contributed by atoms with Crippen LogP contribution in [0.25, 0.3) is 45.4 Å². The maximum Gasteiger partial charge on any atom is 0.165 e. The first kappa shape index (κ1) is 30.8. The van der Waals surface area contributed by atoms with Gasteiger partial charge < -0.3 is 4.74 Å². The Bertz CT molecular complexity index is 1780. The van der Waals surface area contributed by atoms with Crippen LogP contribution in [-0.2, 0) is 26.8 Å². The summed E-state index contributed by atoms with van der Waals surface area (Å²) < 4.78 is 6.37. The van der Waals surface area contributed by atoms with Crippen LogP contribution in [0.2, 0.25) is 0 Å². The van der Waals surface area contributed by atoms with Crippen LogP contribution in [0.5, 0.6) is 0 Å². The lowest BCUT2D eigenvalue weighted by atomic mass is 9.86. The van der Waals surface area contributed by atoms with Crippen LogP contribution in [-0.4, -0.2) is 19.9 Å². The van der Waals surface area contributed by atoms with Crippen molar-refractivity contribution in [2.24, 2.45) is 0 Å². The minimum atomic E-state index is -0.358. The number of rotatable bonds is 4. The summed E-state index contributed by atoms with van der Waals surface area (Å²) in [5.74, 6) is 1.88. The van der Waals surface area contributed by atoms with Gasteiger partial charge in [-0.15, -0.1) is 0 Å². The SMILES string of the molecule is CC(C)(C)c1ccc(-c2nc(-c3ccc(C(C)(C)C)cc3)nc(-c3ccc(-c4ccc5c(c4)C(C)(C)OC5(C)C)nc3)n2)cc1. The molecule has 5 nitrogen and oxygen atoms in total. The average molecular weight is 597 g/mol. The third-order valence-corrected chi connectivity index (χ3v) is 8.80. The van der Waals surface area contributed by atoms with Crippen LogP contribution in [0.4, 0.5) is 0 Å². The molecule has 0 aliphatic carbocycles. The van der Waals surface area contributed by atoms with Gasteiger partial charge in [0.05, 0.1) is 16.9 Å². The molecule has 3 aromatic carbocycles. The van der Waals surface area contributed by atoms with Crippen LogP contribution < -0.4 is 0 Å². The number of hydrogen-bond acceptors (Lipinski definition) is 5. The highest BCUT2D eigenvalue weighted by atomic mass is 16.5. The standard InChI is InChI=1S/C40H44N4O/c1-37(2,3)29-17-11-25(12-18-29)34-42-35(26-13-19-30(20-14-26)38(4,5)6)44-36(43-34)28-16-22-33(41-24-28)27-15-21-31-32(23-27)40(9,10)45-39(31,7)8/h11-24H,1-10H3. The molecule has 0 unspecified atom stereocenters. The quantitative estimate of drug-likeness (QED) is 0.207. The van der Waals surface area contributed by atoms with E-state index in [0.717, 1.165) is 27.9 Å². The van der Waals surface area contributed by atoms with E-state index in [9.17, 15) is 0 Å². The Hall–Kier alpha value is -4.22. The molecular formula is C40H44N4O. The predicted octanol–water partition coefficient (Wildman–Crippen LogP) is 10.0. The Balaban J connectivity index is 1.40. The Morgan fingerprint density at radius 3 is 1.36 bits per heavy atom. The smallest absolute Gasteiger partial charge is 0.165 e. The van der Waals surface area contributed by atoms with Crippen molar-refractivity contribution in [1.29, 1.82) is 0 Å². The molecule has 0 saturated carbocycles. The van der Waals surface area contributed by atoms with E-state index in [1.54, 1.807) is 0 Å². The molecule has 6 rings (SSSR count). The highest BCUT2D eigenvalue weighted by Crippen LogP contribution is 2.47. The van der Waals surface area contributed by atoms with Gasteiger partial charge in [-0.1, -0.05) is 102 Å². The predicted molar refractivity (Wildman–Crippen MR) is 184 cm³/mol. The number of pyridine rings is 1. The zero-order valence-corrected chi connectivity index (χ0v) is 28.3. The summed E-state index contributed by atoms with van der Waals surface area (Å²) in [6.07, 6.45) is 1.86. The van der Waals surface area contributed by atoms with Gasteiger partial charge in [-0.2, -0.15) is 0 Å². The van der Waals surface area contributed by atoms with Gasteiger partial charge in [0.1, 0.15) is 0 Å². The Labute approximate surface area is 268 Å². The van der Waals surface area contributed by atoms with E-state index in [-0.39, 0.29) is 22.0 Å². The van der Waals surface area contributed by atoms with Crippen LogP contribution in [0.1, 0.15) is 91.5 Å². The molecule has 0 spiro atoms.